The van der Waals surface area contributed by atoms with Gasteiger partial charge in [0.15, 0.2) is 5.78 Å². The lowest BCUT2D eigenvalue weighted by Gasteiger charge is -1.99. The van der Waals surface area contributed by atoms with E-state index in [1.165, 1.54) is 6.08 Å². The molecule has 15 heavy (non-hydrogen) atoms. The molecule has 0 saturated carbocycles. The number of allylic oxidation sites excluding steroid dienone is 1. The van der Waals surface area contributed by atoms with Gasteiger partial charge in [-0.25, -0.2) is 0 Å². The minimum Gasteiger partial charge on any atom is -0.464 e. The van der Waals surface area contributed by atoms with Gasteiger partial charge in [-0.2, -0.15) is 0 Å². The van der Waals surface area contributed by atoms with Crippen LogP contribution in [0.3, 0.4) is 0 Å². The van der Waals surface area contributed by atoms with Gasteiger partial charge in [0.1, 0.15) is 5.76 Å². The van der Waals surface area contributed by atoms with E-state index in [1.54, 1.807) is 18.4 Å². The molecule has 0 aliphatic rings. The van der Waals surface area contributed by atoms with E-state index >= 15 is 0 Å². The Morgan fingerprint density at radius 2 is 2.13 bits per heavy atom. The van der Waals surface area contributed by atoms with Crippen molar-refractivity contribution < 1.29 is 9.21 Å². The average Bonchev–Trinajstić information content (AvgIpc) is 2.82. The predicted molar refractivity (Wildman–Crippen MR) is 58.7 cm³/mol. The summed E-state index contributed by atoms with van der Waals surface area (Å²) in [5.41, 5.74) is 1.52. The molecule has 0 saturated heterocycles. The van der Waals surface area contributed by atoms with Crippen LogP contribution < -0.4 is 0 Å². The minimum absolute atomic E-state index is 0.0802. The molecule has 2 nitrogen and oxygen atoms in total. The molecule has 0 N–H and O–H groups in total. The lowest BCUT2D eigenvalue weighted by Crippen LogP contribution is -1.93. The summed E-state index contributed by atoms with van der Waals surface area (Å²) in [5.74, 6) is 0.678. The predicted octanol–water partition coefficient (Wildman–Crippen LogP) is 3.32. The second kappa shape index (κ2) is 3.96. The van der Waals surface area contributed by atoms with Crippen LogP contribution in [0, 0.1) is 0 Å². The lowest BCUT2D eigenvalue weighted by atomic mass is 10.1. The Bertz CT molecular complexity index is 481. The maximum Gasteiger partial charge on any atom is 0.185 e. The van der Waals surface area contributed by atoms with Crippen LogP contribution in [0.4, 0.5) is 0 Å². The van der Waals surface area contributed by atoms with Crippen molar-refractivity contribution in [3.05, 3.63) is 60.9 Å². The molecule has 0 atom stereocenters. The summed E-state index contributed by atoms with van der Waals surface area (Å²) in [5, 5.41) is 0. The molecule has 1 aromatic carbocycles. The number of hydrogen-bond donors (Lipinski definition) is 0. The number of furan rings is 1. The van der Waals surface area contributed by atoms with Crippen molar-refractivity contribution >= 4 is 5.78 Å². The molecule has 0 radical (unpaired) electrons. The summed E-state index contributed by atoms with van der Waals surface area (Å²) in [6.07, 6.45) is 2.92. The Labute approximate surface area is 87.8 Å². The fraction of sp³-hybridized carbons (Fsp3) is 0. The van der Waals surface area contributed by atoms with E-state index in [2.05, 4.69) is 6.58 Å². The van der Waals surface area contributed by atoms with Crippen LogP contribution in [0.15, 0.2) is 59.7 Å². The van der Waals surface area contributed by atoms with Gasteiger partial charge in [-0.15, -0.1) is 0 Å². The SMILES string of the molecule is C=CC(=O)c1cccc(-c2ccco2)c1. The Kier molecular flexibility index (Phi) is 2.50. The van der Waals surface area contributed by atoms with Gasteiger partial charge >= 0.3 is 0 Å². The van der Waals surface area contributed by atoms with Gasteiger partial charge in [0.25, 0.3) is 0 Å². The molecule has 2 aromatic rings. The molecule has 0 fully saturated rings. The van der Waals surface area contributed by atoms with Crippen molar-refractivity contribution in [1.82, 2.24) is 0 Å². The molecule has 74 valence electrons. The number of carbonyl (C=O) groups excluding carboxylic acids is 1. The molecule has 0 bridgehead atoms. The normalized spacial score (nSPS) is 9.87. The molecular formula is C13H10O2. The molecule has 1 aromatic heterocycles. The zero-order valence-corrected chi connectivity index (χ0v) is 8.14. The van der Waals surface area contributed by atoms with Crippen molar-refractivity contribution in [2.24, 2.45) is 0 Å². The zero-order chi connectivity index (χ0) is 10.7. The van der Waals surface area contributed by atoms with Crippen molar-refractivity contribution in [1.29, 1.82) is 0 Å². The minimum atomic E-state index is -0.0802. The van der Waals surface area contributed by atoms with E-state index in [1.807, 2.05) is 24.3 Å². The van der Waals surface area contributed by atoms with Crippen LogP contribution in [0.5, 0.6) is 0 Å². The largest absolute Gasteiger partial charge is 0.464 e. The summed E-state index contributed by atoms with van der Waals surface area (Å²) in [6.45, 7) is 3.46. The van der Waals surface area contributed by atoms with Crippen LogP contribution in [-0.2, 0) is 0 Å². The molecule has 2 heteroatoms. The third-order valence-corrected chi connectivity index (χ3v) is 2.14. The van der Waals surface area contributed by atoms with E-state index in [0.717, 1.165) is 11.3 Å². The lowest BCUT2D eigenvalue weighted by molar-refractivity contribution is 0.104. The van der Waals surface area contributed by atoms with Gasteiger partial charge in [0.2, 0.25) is 0 Å². The first-order valence-corrected chi connectivity index (χ1v) is 4.62. The topological polar surface area (TPSA) is 30.2 Å². The Morgan fingerprint density at radius 1 is 1.27 bits per heavy atom. The summed E-state index contributed by atoms with van der Waals surface area (Å²) < 4.78 is 5.25. The fourth-order valence-corrected chi connectivity index (χ4v) is 1.39. The Balaban J connectivity index is 2.43. The van der Waals surface area contributed by atoms with Gasteiger partial charge in [0.05, 0.1) is 6.26 Å². The van der Waals surface area contributed by atoms with Crippen LogP contribution >= 0.6 is 0 Å². The molecule has 0 aliphatic heterocycles. The van der Waals surface area contributed by atoms with E-state index < -0.39 is 0 Å². The average molecular weight is 198 g/mol. The van der Waals surface area contributed by atoms with Crippen molar-refractivity contribution in [3.8, 4) is 11.3 Å². The summed E-state index contributed by atoms with van der Waals surface area (Å²) >= 11 is 0. The molecule has 2 rings (SSSR count). The molecule has 0 spiro atoms. The van der Waals surface area contributed by atoms with Gasteiger partial charge in [0, 0.05) is 11.1 Å². The van der Waals surface area contributed by atoms with Crippen molar-refractivity contribution in [2.75, 3.05) is 0 Å². The van der Waals surface area contributed by atoms with Gasteiger partial charge in [-0.05, 0) is 24.3 Å². The highest BCUT2D eigenvalue weighted by Crippen LogP contribution is 2.20. The monoisotopic (exact) mass is 198 g/mol. The third-order valence-electron chi connectivity index (χ3n) is 2.14. The molecular weight excluding hydrogens is 188 g/mol. The number of hydrogen-bond acceptors (Lipinski definition) is 2. The maximum absolute atomic E-state index is 11.4. The maximum atomic E-state index is 11.4. The van der Waals surface area contributed by atoms with Crippen LogP contribution in [0.1, 0.15) is 10.4 Å². The van der Waals surface area contributed by atoms with Crippen molar-refractivity contribution in [3.63, 3.8) is 0 Å². The summed E-state index contributed by atoms with van der Waals surface area (Å²) in [6, 6.07) is 11.0. The van der Waals surface area contributed by atoms with Gasteiger partial charge in [-0.3, -0.25) is 4.79 Å². The summed E-state index contributed by atoms with van der Waals surface area (Å²) in [7, 11) is 0. The molecule has 0 amide bonds. The van der Waals surface area contributed by atoms with Crippen LogP contribution in [-0.4, -0.2) is 5.78 Å². The quantitative estimate of drug-likeness (QED) is 0.559. The van der Waals surface area contributed by atoms with Gasteiger partial charge < -0.3 is 4.42 Å². The van der Waals surface area contributed by atoms with Crippen LogP contribution in [0.25, 0.3) is 11.3 Å². The standard InChI is InChI=1S/C13H10O2/c1-2-12(14)10-5-3-6-11(9-10)13-7-4-8-15-13/h2-9H,1H2. The third kappa shape index (κ3) is 1.89. The van der Waals surface area contributed by atoms with Gasteiger partial charge in [-0.1, -0.05) is 24.8 Å². The second-order valence-corrected chi connectivity index (χ2v) is 3.13. The highest BCUT2D eigenvalue weighted by atomic mass is 16.3. The number of rotatable bonds is 3. The van der Waals surface area contributed by atoms with E-state index in [-0.39, 0.29) is 5.78 Å². The smallest absolute Gasteiger partial charge is 0.185 e. The number of carbonyl (C=O) groups is 1. The number of ketones is 1. The molecule has 1 heterocycles. The van der Waals surface area contributed by atoms with Crippen molar-refractivity contribution in [2.45, 2.75) is 0 Å². The Hall–Kier alpha value is -2.09. The first-order valence-electron chi connectivity index (χ1n) is 4.62. The Morgan fingerprint density at radius 3 is 2.80 bits per heavy atom. The number of benzene rings is 1. The molecule has 0 unspecified atom stereocenters. The molecule has 0 aliphatic carbocycles. The van der Waals surface area contributed by atoms with E-state index in [0.29, 0.717) is 5.56 Å². The first kappa shape index (κ1) is 9.46. The fourth-order valence-electron chi connectivity index (χ4n) is 1.39. The highest BCUT2D eigenvalue weighted by Gasteiger charge is 2.04. The van der Waals surface area contributed by atoms with Crippen LogP contribution in [0.2, 0.25) is 0 Å². The van der Waals surface area contributed by atoms with E-state index in [9.17, 15) is 4.79 Å². The zero-order valence-electron chi connectivity index (χ0n) is 8.14. The second-order valence-electron chi connectivity index (χ2n) is 3.13. The summed E-state index contributed by atoms with van der Waals surface area (Å²) in [4.78, 5) is 11.4. The van der Waals surface area contributed by atoms with E-state index in [4.69, 9.17) is 4.42 Å². The highest BCUT2D eigenvalue weighted by molar-refractivity contribution is 6.04. The first-order chi connectivity index (χ1) is 7.31.